The Kier molecular flexibility index (Phi) is 6.17. The van der Waals surface area contributed by atoms with Crippen LogP contribution in [0.5, 0.6) is 5.75 Å². The summed E-state index contributed by atoms with van der Waals surface area (Å²) in [5.41, 5.74) is 10.6. The van der Waals surface area contributed by atoms with E-state index in [0.717, 1.165) is 45.9 Å². The van der Waals surface area contributed by atoms with E-state index in [1.54, 1.807) is 0 Å². The summed E-state index contributed by atoms with van der Waals surface area (Å²) in [5.74, 6) is 2.59. The van der Waals surface area contributed by atoms with Crippen LogP contribution in [0, 0.1) is 0 Å². The van der Waals surface area contributed by atoms with Gasteiger partial charge in [0.25, 0.3) is 0 Å². The van der Waals surface area contributed by atoms with Crippen LogP contribution >= 0.6 is 0 Å². The Bertz CT molecular complexity index is 1640. The lowest BCUT2D eigenvalue weighted by atomic mass is 10.00. The number of benzene rings is 4. The molecule has 0 spiro atoms. The molecule has 0 atom stereocenters. The van der Waals surface area contributed by atoms with Crippen molar-refractivity contribution in [2.45, 2.75) is 19.4 Å². The van der Waals surface area contributed by atoms with E-state index < -0.39 is 0 Å². The van der Waals surface area contributed by atoms with Gasteiger partial charge in [-0.2, -0.15) is 0 Å². The predicted octanol–water partition coefficient (Wildman–Crippen LogP) is 7.25. The fraction of sp³-hybridized carbons (Fsp3) is 0.0938. The van der Waals surface area contributed by atoms with Crippen LogP contribution in [0.25, 0.3) is 39.1 Å². The summed E-state index contributed by atoms with van der Waals surface area (Å²) in [6, 6.07) is 30.2. The zero-order chi connectivity index (χ0) is 25.0. The summed E-state index contributed by atoms with van der Waals surface area (Å²) < 4.78 is 6.18. The highest BCUT2D eigenvalue weighted by atomic mass is 16.5. The number of hydrogen-bond acceptors (Lipinski definition) is 5. The van der Waals surface area contributed by atoms with Gasteiger partial charge in [0.1, 0.15) is 12.4 Å². The maximum Gasteiger partial charge on any atom is 0.164 e. The molecule has 0 aliphatic heterocycles. The Hall–Kier alpha value is -4.77. The van der Waals surface area contributed by atoms with E-state index in [2.05, 4.69) is 42.5 Å². The number of para-hydroxylation sites is 2. The molecule has 6 rings (SSSR count). The molecule has 0 radical (unpaired) electrons. The van der Waals surface area contributed by atoms with Crippen LogP contribution in [0.3, 0.4) is 0 Å². The SMILES string of the molecule is Nc1ccccc1OCc1cc2ccccc2cc1-c1nc(C2=CCCC=C2)nc(-c2ccccc2)n1. The summed E-state index contributed by atoms with van der Waals surface area (Å²) in [6.07, 6.45) is 8.46. The van der Waals surface area contributed by atoms with Crippen molar-refractivity contribution in [2.75, 3.05) is 5.73 Å². The molecule has 0 saturated carbocycles. The van der Waals surface area contributed by atoms with Crippen molar-refractivity contribution in [1.82, 2.24) is 15.0 Å². The van der Waals surface area contributed by atoms with Gasteiger partial charge in [-0.15, -0.1) is 0 Å². The Labute approximate surface area is 216 Å². The number of nitrogen functional groups attached to an aromatic ring is 1. The summed E-state index contributed by atoms with van der Waals surface area (Å²) in [6.45, 7) is 0.332. The van der Waals surface area contributed by atoms with Crippen LogP contribution in [0.4, 0.5) is 5.69 Å². The van der Waals surface area contributed by atoms with Gasteiger partial charge in [0, 0.05) is 22.3 Å². The topological polar surface area (TPSA) is 73.9 Å². The lowest BCUT2D eigenvalue weighted by Gasteiger charge is -2.15. The highest BCUT2D eigenvalue weighted by molar-refractivity contribution is 5.88. The highest BCUT2D eigenvalue weighted by Gasteiger charge is 2.17. The number of anilines is 1. The third kappa shape index (κ3) is 4.84. The number of ether oxygens (including phenoxy) is 1. The molecule has 5 heteroatoms. The minimum atomic E-state index is 0.332. The summed E-state index contributed by atoms with van der Waals surface area (Å²) >= 11 is 0. The number of nitrogens with two attached hydrogens (primary N) is 1. The van der Waals surface area contributed by atoms with E-state index in [4.69, 9.17) is 25.4 Å². The lowest BCUT2D eigenvalue weighted by molar-refractivity contribution is 0.308. The van der Waals surface area contributed by atoms with Crippen LogP contribution in [0.15, 0.2) is 109 Å². The van der Waals surface area contributed by atoms with Crippen molar-refractivity contribution in [3.63, 3.8) is 0 Å². The number of nitrogens with zero attached hydrogens (tertiary/aromatic N) is 3. The van der Waals surface area contributed by atoms with Crippen LogP contribution in [-0.2, 0) is 6.61 Å². The maximum atomic E-state index is 6.18. The van der Waals surface area contributed by atoms with Crippen molar-refractivity contribution in [2.24, 2.45) is 0 Å². The second-order valence-corrected chi connectivity index (χ2v) is 8.99. The first-order valence-electron chi connectivity index (χ1n) is 12.4. The van der Waals surface area contributed by atoms with Gasteiger partial charge < -0.3 is 10.5 Å². The molecule has 0 bridgehead atoms. The molecule has 1 aliphatic rings. The van der Waals surface area contributed by atoms with Gasteiger partial charge in [-0.3, -0.25) is 0 Å². The minimum absolute atomic E-state index is 0.332. The first-order chi connectivity index (χ1) is 18.2. The van der Waals surface area contributed by atoms with E-state index in [-0.39, 0.29) is 0 Å². The first kappa shape index (κ1) is 22.7. The third-order valence-corrected chi connectivity index (χ3v) is 6.44. The average Bonchev–Trinajstić information content (AvgIpc) is 2.97. The smallest absolute Gasteiger partial charge is 0.164 e. The van der Waals surface area contributed by atoms with Gasteiger partial charge in [-0.25, -0.2) is 15.0 Å². The molecule has 0 unspecified atom stereocenters. The fourth-order valence-corrected chi connectivity index (χ4v) is 4.50. The Morgan fingerprint density at radius 2 is 1.41 bits per heavy atom. The van der Waals surface area contributed by atoms with Crippen molar-refractivity contribution >= 4 is 22.0 Å². The summed E-state index contributed by atoms with van der Waals surface area (Å²) in [5, 5.41) is 2.24. The number of allylic oxidation sites excluding steroid dienone is 4. The van der Waals surface area contributed by atoms with Crippen molar-refractivity contribution in [3.05, 3.63) is 121 Å². The van der Waals surface area contributed by atoms with Crippen LogP contribution < -0.4 is 10.5 Å². The average molecular weight is 483 g/mol. The van der Waals surface area contributed by atoms with Gasteiger partial charge in [0.2, 0.25) is 0 Å². The van der Waals surface area contributed by atoms with E-state index in [1.165, 1.54) is 0 Å². The van der Waals surface area contributed by atoms with E-state index in [0.29, 0.717) is 35.5 Å². The van der Waals surface area contributed by atoms with Gasteiger partial charge in [0.05, 0.1) is 5.69 Å². The fourth-order valence-electron chi connectivity index (χ4n) is 4.50. The molecule has 4 aromatic carbocycles. The summed E-state index contributed by atoms with van der Waals surface area (Å²) in [4.78, 5) is 14.8. The van der Waals surface area contributed by atoms with Gasteiger partial charge in [0.15, 0.2) is 17.5 Å². The molecule has 1 aliphatic carbocycles. The second-order valence-electron chi connectivity index (χ2n) is 8.99. The first-order valence-corrected chi connectivity index (χ1v) is 12.4. The lowest BCUT2D eigenvalue weighted by Crippen LogP contribution is -2.06. The molecule has 5 aromatic rings. The molecule has 2 N–H and O–H groups in total. The molecule has 5 nitrogen and oxygen atoms in total. The number of fused-ring (bicyclic) bond motifs is 1. The van der Waals surface area contributed by atoms with E-state index in [9.17, 15) is 0 Å². The van der Waals surface area contributed by atoms with Crippen LogP contribution in [0.1, 0.15) is 24.2 Å². The standard InChI is InChI=1S/C32H26N4O/c33-28-17-9-10-18-29(28)37-21-26-19-24-15-7-8-16-25(24)20-27(26)32-35-30(22-11-3-1-4-12-22)34-31(36-32)23-13-5-2-6-14-23/h1,3-5,7-20H,2,6,21,33H2. The van der Waals surface area contributed by atoms with Crippen molar-refractivity contribution in [3.8, 4) is 28.5 Å². The molecular formula is C32H26N4O. The molecule has 1 heterocycles. The van der Waals surface area contributed by atoms with Crippen LogP contribution in [0.2, 0.25) is 0 Å². The Balaban J connectivity index is 1.51. The number of aromatic nitrogens is 3. The minimum Gasteiger partial charge on any atom is -0.487 e. The van der Waals surface area contributed by atoms with E-state index >= 15 is 0 Å². The quantitative estimate of drug-likeness (QED) is 0.258. The number of rotatable bonds is 6. The molecular weight excluding hydrogens is 456 g/mol. The molecule has 0 fully saturated rings. The predicted molar refractivity (Wildman–Crippen MR) is 150 cm³/mol. The van der Waals surface area contributed by atoms with Crippen LogP contribution in [-0.4, -0.2) is 15.0 Å². The van der Waals surface area contributed by atoms with Gasteiger partial charge in [-0.05, 0) is 47.9 Å². The zero-order valence-corrected chi connectivity index (χ0v) is 20.3. The van der Waals surface area contributed by atoms with E-state index in [1.807, 2.05) is 66.7 Å². The molecule has 0 saturated heterocycles. The highest BCUT2D eigenvalue weighted by Crippen LogP contribution is 2.31. The van der Waals surface area contributed by atoms with Gasteiger partial charge >= 0.3 is 0 Å². The normalized spacial score (nSPS) is 12.9. The maximum absolute atomic E-state index is 6.18. The largest absolute Gasteiger partial charge is 0.487 e. The molecule has 1 aromatic heterocycles. The van der Waals surface area contributed by atoms with Gasteiger partial charge in [-0.1, -0.05) is 85.0 Å². The number of hydrogen-bond donors (Lipinski definition) is 1. The Morgan fingerprint density at radius 3 is 2.19 bits per heavy atom. The second kappa shape index (κ2) is 10.1. The van der Waals surface area contributed by atoms with Crippen molar-refractivity contribution < 1.29 is 4.74 Å². The Morgan fingerprint density at radius 1 is 0.703 bits per heavy atom. The molecule has 180 valence electrons. The zero-order valence-electron chi connectivity index (χ0n) is 20.3. The molecule has 0 amide bonds. The summed E-state index contributed by atoms with van der Waals surface area (Å²) in [7, 11) is 0. The monoisotopic (exact) mass is 482 g/mol. The third-order valence-electron chi connectivity index (χ3n) is 6.44. The molecule has 37 heavy (non-hydrogen) atoms. The van der Waals surface area contributed by atoms with Crippen molar-refractivity contribution in [1.29, 1.82) is 0 Å².